The van der Waals surface area contributed by atoms with E-state index in [0.717, 1.165) is 5.56 Å². The molecule has 19 heavy (non-hydrogen) atoms. The monoisotopic (exact) mass is 276 g/mol. The zero-order valence-electron chi connectivity index (χ0n) is 10.5. The summed E-state index contributed by atoms with van der Waals surface area (Å²) in [5, 5.41) is 9.21. The average Bonchev–Trinajstić information content (AvgIpc) is 2.39. The Morgan fingerprint density at radius 3 is 2.00 bits per heavy atom. The predicted molar refractivity (Wildman–Crippen MR) is 75.1 cm³/mol. The Hall–Kier alpha value is -1.65. The highest BCUT2D eigenvalue weighted by atomic mass is 32.2. The Morgan fingerprint density at radius 2 is 1.37 bits per heavy atom. The zero-order valence-corrected chi connectivity index (χ0v) is 11.3. The largest absolute Gasteiger partial charge is 0.392 e. The van der Waals surface area contributed by atoms with Gasteiger partial charge in [-0.05, 0) is 16.7 Å². The van der Waals surface area contributed by atoms with Crippen molar-refractivity contribution >= 4 is 9.84 Å². The summed E-state index contributed by atoms with van der Waals surface area (Å²) < 4.78 is 24.3. The van der Waals surface area contributed by atoms with Crippen LogP contribution in [0.5, 0.6) is 0 Å². The van der Waals surface area contributed by atoms with E-state index in [9.17, 15) is 13.5 Å². The molecule has 0 saturated carbocycles. The highest BCUT2D eigenvalue weighted by Gasteiger charge is 2.14. The molecule has 0 aliphatic rings. The van der Waals surface area contributed by atoms with Gasteiger partial charge in [0.25, 0.3) is 0 Å². The molecule has 0 aromatic heterocycles. The molecule has 0 bridgehead atoms. The smallest absolute Gasteiger partial charge is 0.158 e. The van der Waals surface area contributed by atoms with Gasteiger partial charge >= 0.3 is 0 Å². The van der Waals surface area contributed by atoms with Gasteiger partial charge in [0.05, 0.1) is 18.1 Å². The van der Waals surface area contributed by atoms with E-state index in [4.69, 9.17) is 0 Å². The van der Waals surface area contributed by atoms with Crippen LogP contribution in [0.25, 0.3) is 0 Å². The third-order valence-corrected chi connectivity index (χ3v) is 4.42. The van der Waals surface area contributed by atoms with Gasteiger partial charge in [0.15, 0.2) is 9.84 Å². The summed E-state index contributed by atoms with van der Waals surface area (Å²) in [4.78, 5) is 0. The average molecular weight is 276 g/mol. The summed E-state index contributed by atoms with van der Waals surface area (Å²) in [5.41, 5.74) is 2.11. The van der Waals surface area contributed by atoms with Crippen molar-refractivity contribution < 1.29 is 13.5 Å². The van der Waals surface area contributed by atoms with Gasteiger partial charge in [0.1, 0.15) is 0 Å². The fraction of sp³-hybridized carbons (Fsp3) is 0.200. The van der Waals surface area contributed by atoms with Crippen LogP contribution in [0.2, 0.25) is 0 Å². The molecule has 1 N–H and O–H groups in total. The summed E-state index contributed by atoms with van der Waals surface area (Å²) in [6.07, 6.45) is 0. The first-order valence-corrected chi connectivity index (χ1v) is 7.85. The fourth-order valence-corrected chi connectivity index (χ4v) is 3.53. The Bertz CT molecular complexity index is 633. The second-order valence-electron chi connectivity index (χ2n) is 4.44. The van der Waals surface area contributed by atoms with Gasteiger partial charge in [-0.1, -0.05) is 54.6 Å². The minimum Gasteiger partial charge on any atom is -0.392 e. The number of hydrogen-bond donors (Lipinski definition) is 1. The third-order valence-electron chi connectivity index (χ3n) is 2.89. The van der Waals surface area contributed by atoms with Crippen LogP contribution < -0.4 is 0 Å². The lowest BCUT2D eigenvalue weighted by Gasteiger charge is -2.08. The van der Waals surface area contributed by atoms with Crippen molar-refractivity contribution in [2.24, 2.45) is 0 Å². The molecule has 4 heteroatoms. The van der Waals surface area contributed by atoms with Crippen LogP contribution in [0, 0.1) is 0 Å². The van der Waals surface area contributed by atoms with E-state index in [2.05, 4.69) is 0 Å². The zero-order chi connectivity index (χ0) is 13.7. The first kappa shape index (κ1) is 13.8. The molecule has 0 heterocycles. The van der Waals surface area contributed by atoms with Crippen molar-refractivity contribution in [2.75, 3.05) is 0 Å². The topological polar surface area (TPSA) is 54.4 Å². The summed E-state index contributed by atoms with van der Waals surface area (Å²) >= 11 is 0. The van der Waals surface area contributed by atoms with Crippen molar-refractivity contribution in [3.63, 3.8) is 0 Å². The molecule has 100 valence electrons. The quantitative estimate of drug-likeness (QED) is 0.911. The fourth-order valence-electron chi connectivity index (χ4n) is 1.97. The Labute approximate surface area is 113 Å². The highest BCUT2D eigenvalue weighted by molar-refractivity contribution is 7.89. The first-order chi connectivity index (χ1) is 9.11. The van der Waals surface area contributed by atoms with Gasteiger partial charge in [-0.15, -0.1) is 0 Å². The van der Waals surface area contributed by atoms with E-state index in [1.165, 1.54) is 0 Å². The van der Waals surface area contributed by atoms with Gasteiger partial charge in [-0.25, -0.2) is 8.42 Å². The van der Waals surface area contributed by atoms with Crippen LogP contribution in [-0.4, -0.2) is 13.5 Å². The van der Waals surface area contributed by atoms with Crippen molar-refractivity contribution in [1.82, 2.24) is 0 Å². The molecule has 2 rings (SSSR count). The molecule has 0 unspecified atom stereocenters. The van der Waals surface area contributed by atoms with Crippen LogP contribution in [-0.2, 0) is 27.9 Å². The van der Waals surface area contributed by atoms with Gasteiger partial charge in [0, 0.05) is 0 Å². The lowest BCUT2D eigenvalue weighted by Crippen LogP contribution is -2.09. The lowest BCUT2D eigenvalue weighted by molar-refractivity contribution is 0.281. The molecular formula is C15H16O3S. The van der Waals surface area contributed by atoms with Crippen molar-refractivity contribution in [3.05, 3.63) is 71.3 Å². The number of hydrogen-bond acceptors (Lipinski definition) is 3. The normalized spacial score (nSPS) is 11.4. The molecule has 0 amide bonds. The number of benzene rings is 2. The Kier molecular flexibility index (Phi) is 4.35. The van der Waals surface area contributed by atoms with Crippen molar-refractivity contribution in [1.29, 1.82) is 0 Å². The third kappa shape index (κ3) is 3.91. The van der Waals surface area contributed by atoms with Gasteiger partial charge in [-0.2, -0.15) is 0 Å². The van der Waals surface area contributed by atoms with Gasteiger partial charge < -0.3 is 5.11 Å². The molecular weight excluding hydrogens is 260 g/mol. The molecule has 2 aromatic carbocycles. The van der Waals surface area contributed by atoms with Gasteiger partial charge in [0.2, 0.25) is 0 Å². The lowest BCUT2D eigenvalue weighted by atomic mass is 10.1. The summed E-state index contributed by atoms with van der Waals surface area (Å²) in [7, 11) is -3.23. The number of rotatable bonds is 5. The molecule has 0 fully saturated rings. The highest BCUT2D eigenvalue weighted by Crippen LogP contribution is 2.16. The molecule has 0 radical (unpaired) electrons. The molecule has 2 aromatic rings. The maximum absolute atomic E-state index is 12.2. The van der Waals surface area contributed by atoms with E-state index in [-0.39, 0.29) is 18.1 Å². The number of aliphatic hydroxyl groups is 1. The van der Waals surface area contributed by atoms with Crippen LogP contribution >= 0.6 is 0 Å². The summed E-state index contributed by atoms with van der Waals surface area (Å²) in [6, 6.07) is 16.2. The van der Waals surface area contributed by atoms with E-state index in [0.29, 0.717) is 11.1 Å². The van der Waals surface area contributed by atoms with Crippen LogP contribution in [0.15, 0.2) is 54.6 Å². The molecule has 3 nitrogen and oxygen atoms in total. The summed E-state index contributed by atoms with van der Waals surface area (Å²) in [5.74, 6) is -0.0216. The van der Waals surface area contributed by atoms with E-state index >= 15 is 0 Å². The standard InChI is InChI=1S/C15H16O3S/c16-10-14-8-4-5-9-15(14)12-19(17,18)11-13-6-2-1-3-7-13/h1-9,16H,10-12H2. The second kappa shape index (κ2) is 5.99. The van der Waals surface area contributed by atoms with Crippen LogP contribution in [0.4, 0.5) is 0 Å². The SMILES string of the molecule is O=S(=O)(Cc1ccccc1)Cc1ccccc1CO. The number of aliphatic hydroxyl groups excluding tert-OH is 1. The maximum Gasteiger partial charge on any atom is 0.158 e. The predicted octanol–water partition coefficient (Wildman–Crippen LogP) is 2.29. The molecule has 0 aliphatic carbocycles. The molecule has 0 saturated heterocycles. The Balaban J connectivity index is 2.18. The van der Waals surface area contributed by atoms with Gasteiger partial charge in [-0.3, -0.25) is 0 Å². The second-order valence-corrected chi connectivity index (χ2v) is 6.51. The molecule has 0 aliphatic heterocycles. The van der Waals surface area contributed by atoms with Crippen LogP contribution in [0.3, 0.4) is 0 Å². The van der Waals surface area contributed by atoms with E-state index in [1.807, 2.05) is 18.2 Å². The Morgan fingerprint density at radius 1 is 0.789 bits per heavy atom. The minimum atomic E-state index is -3.23. The maximum atomic E-state index is 12.2. The summed E-state index contributed by atoms with van der Waals surface area (Å²) in [6.45, 7) is -0.142. The van der Waals surface area contributed by atoms with E-state index < -0.39 is 9.84 Å². The van der Waals surface area contributed by atoms with E-state index in [1.54, 1.807) is 36.4 Å². The first-order valence-electron chi connectivity index (χ1n) is 6.03. The molecule has 0 spiro atoms. The van der Waals surface area contributed by atoms with Crippen molar-refractivity contribution in [2.45, 2.75) is 18.1 Å². The van der Waals surface area contributed by atoms with Crippen molar-refractivity contribution in [3.8, 4) is 0 Å². The van der Waals surface area contributed by atoms with Crippen LogP contribution in [0.1, 0.15) is 16.7 Å². The molecule has 0 atom stereocenters. The number of sulfone groups is 1. The minimum absolute atomic E-state index is 0.0214.